The summed E-state index contributed by atoms with van der Waals surface area (Å²) in [7, 11) is 0.252. The van der Waals surface area contributed by atoms with E-state index < -0.39 is 0 Å². The van der Waals surface area contributed by atoms with Crippen molar-refractivity contribution in [1.82, 2.24) is 0 Å². The lowest BCUT2D eigenvalue weighted by Gasteiger charge is -2.20. The summed E-state index contributed by atoms with van der Waals surface area (Å²) in [5.74, 6) is 0. The normalized spacial score (nSPS) is 19.7. The minimum atomic E-state index is -0.376. The molecular weight excluding hydrogens is 250 g/mol. The van der Waals surface area contributed by atoms with E-state index in [1.54, 1.807) is 18.2 Å². The Hall–Kier alpha value is -1.24. The van der Waals surface area contributed by atoms with Crippen molar-refractivity contribution in [2.24, 2.45) is 0 Å². The van der Waals surface area contributed by atoms with E-state index in [0.29, 0.717) is 5.56 Å². The third-order valence-electron chi connectivity index (χ3n) is 2.81. The average molecular weight is 265 g/mol. The number of nitro groups is 1. The highest BCUT2D eigenvalue weighted by atomic mass is 28.2. The van der Waals surface area contributed by atoms with Crippen molar-refractivity contribution in [3.05, 3.63) is 39.9 Å². The molecule has 1 fully saturated rings. The molecule has 0 amide bonds. The molecule has 1 heterocycles. The van der Waals surface area contributed by atoms with Crippen molar-refractivity contribution in [1.29, 1.82) is 0 Å². The Bertz CT molecular complexity index is 407. The number of hydrogen-bond donors (Lipinski definition) is 0. The molecule has 0 saturated carbocycles. The van der Waals surface area contributed by atoms with Crippen LogP contribution >= 0.6 is 0 Å². The van der Waals surface area contributed by atoms with Crippen LogP contribution < -0.4 is 0 Å². The van der Waals surface area contributed by atoms with E-state index in [1.165, 1.54) is 12.5 Å². The van der Waals surface area contributed by atoms with Gasteiger partial charge in [-0.15, -0.1) is 0 Å². The molecule has 0 N–H and O–H groups in total. The van der Waals surface area contributed by atoms with Gasteiger partial charge >= 0.3 is 0 Å². The van der Waals surface area contributed by atoms with Crippen LogP contribution in [-0.4, -0.2) is 27.0 Å². The van der Waals surface area contributed by atoms with E-state index in [0.717, 1.165) is 19.4 Å². The van der Waals surface area contributed by atoms with E-state index in [9.17, 15) is 10.1 Å². The molecule has 18 heavy (non-hydrogen) atoms. The summed E-state index contributed by atoms with van der Waals surface area (Å²) in [6.45, 7) is 1.07. The molecule has 0 spiro atoms. The van der Waals surface area contributed by atoms with Crippen molar-refractivity contribution in [2.75, 3.05) is 6.61 Å². The average Bonchev–Trinajstić information content (AvgIpc) is 2.40. The maximum atomic E-state index is 10.8. The van der Waals surface area contributed by atoms with E-state index in [4.69, 9.17) is 9.16 Å². The number of para-hydroxylation sites is 1. The van der Waals surface area contributed by atoms with Crippen LogP contribution in [0.25, 0.3) is 0 Å². The first-order valence-electron chi connectivity index (χ1n) is 5.98. The van der Waals surface area contributed by atoms with Gasteiger partial charge in [-0.05, 0) is 25.3 Å². The minimum absolute atomic E-state index is 0.117. The van der Waals surface area contributed by atoms with Crippen LogP contribution in [0.3, 0.4) is 0 Å². The Morgan fingerprint density at radius 3 is 3.00 bits per heavy atom. The molecule has 96 valence electrons. The van der Waals surface area contributed by atoms with Gasteiger partial charge in [-0.25, -0.2) is 0 Å². The second-order valence-electron chi connectivity index (χ2n) is 4.15. The number of ether oxygens (including phenoxy) is 1. The first kappa shape index (κ1) is 13.2. The second kappa shape index (κ2) is 6.63. The fourth-order valence-corrected chi connectivity index (χ4v) is 2.79. The molecule has 6 heteroatoms. The van der Waals surface area contributed by atoms with Crippen molar-refractivity contribution in [3.63, 3.8) is 0 Å². The quantitative estimate of drug-likeness (QED) is 0.465. The van der Waals surface area contributed by atoms with Gasteiger partial charge in [0.25, 0.3) is 15.5 Å². The molecule has 2 rings (SSSR count). The Kier molecular flexibility index (Phi) is 4.86. The summed E-state index contributed by atoms with van der Waals surface area (Å²) in [4.78, 5) is 10.4. The highest BCUT2D eigenvalue weighted by Crippen LogP contribution is 2.19. The molecule has 1 unspecified atom stereocenters. The zero-order chi connectivity index (χ0) is 12.8. The summed E-state index contributed by atoms with van der Waals surface area (Å²) in [6, 6.07) is 6.67. The molecule has 1 aliphatic heterocycles. The van der Waals surface area contributed by atoms with Gasteiger partial charge in [0.2, 0.25) is 0 Å². The van der Waals surface area contributed by atoms with Crippen molar-refractivity contribution in [3.8, 4) is 0 Å². The molecule has 1 aliphatic rings. The standard InChI is InChI=1S/C12H15NO4Si/c14-13(15)11-6-2-1-5-10(11)9-17-18-12-7-3-4-8-16-12/h1-2,5-6,12H,3-4,7-9H2. The van der Waals surface area contributed by atoms with Crippen LogP contribution in [0.2, 0.25) is 0 Å². The number of nitro benzene ring substituents is 1. The third kappa shape index (κ3) is 3.62. The molecule has 0 aliphatic carbocycles. The molecule has 1 atom stereocenters. The van der Waals surface area contributed by atoms with E-state index in [2.05, 4.69) is 0 Å². The molecule has 1 saturated heterocycles. The summed E-state index contributed by atoms with van der Waals surface area (Å²) in [6.07, 6.45) is 3.31. The summed E-state index contributed by atoms with van der Waals surface area (Å²) < 4.78 is 11.1. The fraction of sp³-hybridized carbons (Fsp3) is 0.500. The number of benzene rings is 1. The monoisotopic (exact) mass is 265 g/mol. The lowest BCUT2D eigenvalue weighted by Crippen LogP contribution is -2.27. The highest BCUT2D eigenvalue weighted by Gasteiger charge is 2.17. The van der Waals surface area contributed by atoms with Crippen LogP contribution in [-0.2, 0) is 15.8 Å². The Labute approximate surface area is 108 Å². The lowest BCUT2D eigenvalue weighted by atomic mass is 10.2. The Morgan fingerprint density at radius 2 is 2.28 bits per heavy atom. The molecule has 5 nitrogen and oxygen atoms in total. The summed E-state index contributed by atoms with van der Waals surface area (Å²) in [5, 5.41) is 10.8. The minimum Gasteiger partial charge on any atom is -0.410 e. The van der Waals surface area contributed by atoms with Gasteiger partial charge in [-0.3, -0.25) is 10.1 Å². The maximum absolute atomic E-state index is 10.8. The predicted octanol–water partition coefficient (Wildman–Crippen LogP) is 2.26. The maximum Gasteiger partial charge on any atom is 0.274 e. The van der Waals surface area contributed by atoms with Crippen LogP contribution in [0.15, 0.2) is 24.3 Å². The SMILES string of the molecule is O=[N+]([O-])c1ccccc1CO[Si]C1CCCCO1. The lowest BCUT2D eigenvalue weighted by molar-refractivity contribution is -0.385. The first-order chi connectivity index (χ1) is 8.77. The van der Waals surface area contributed by atoms with Gasteiger partial charge in [0.15, 0.2) is 0 Å². The topological polar surface area (TPSA) is 61.6 Å². The van der Waals surface area contributed by atoms with Gasteiger partial charge in [0.1, 0.15) is 0 Å². The van der Waals surface area contributed by atoms with E-state index in [1.807, 2.05) is 0 Å². The summed E-state index contributed by atoms with van der Waals surface area (Å²) >= 11 is 0. The van der Waals surface area contributed by atoms with Gasteiger partial charge in [0.05, 0.1) is 22.8 Å². The van der Waals surface area contributed by atoms with Gasteiger partial charge < -0.3 is 9.16 Å². The molecule has 2 radical (unpaired) electrons. The Morgan fingerprint density at radius 1 is 1.44 bits per heavy atom. The molecule has 0 aromatic heterocycles. The van der Waals surface area contributed by atoms with Crippen LogP contribution in [0.4, 0.5) is 5.69 Å². The van der Waals surface area contributed by atoms with Crippen molar-refractivity contribution in [2.45, 2.75) is 31.6 Å². The van der Waals surface area contributed by atoms with Gasteiger partial charge in [-0.1, -0.05) is 12.1 Å². The number of hydrogen-bond acceptors (Lipinski definition) is 4. The van der Waals surface area contributed by atoms with Gasteiger partial charge in [-0.2, -0.15) is 0 Å². The van der Waals surface area contributed by atoms with E-state index in [-0.39, 0.29) is 32.7 Å². The molecule has 1 aromatic carbocycles. The third-order valence-corrected chi connectivity index (χ3v) is 3.84. The summed E-state index contributed by atoms with van der Waals surface area (Å²) in [5.41, 5.74) is 0.902. The predicted molar refractivity (Wildman–Crippen MR) is 67.2 cm³/mol. The Balaban J connectivity index is 1.84. The first-order valence-corrected chi connectivity index (χ1v) is 6.97. The van der Waals surface area contributed by atoms with Crippen molar-refractivity contribution < 1.29 is 14.1 Å². The second-order valence-corrected chi connectivity index (χ2v) is 5.32. The molecule has 1 aromatic rings. The van der Waals surface area contributed by atoms with Gasteiger partial charge in [0, 0.05) is 12.7 Å². The molecular formula is C12H15NO4Si. The fourth-order valence-electron chi connectivity index (χ4n) is 1.86. The van der Waals surface area contributed by atoms with Crippen molar-refractivity contribution >= 4 is 15.5 Å². The molecule has 0 bridgehead atoms. The van der Waals surface area contributed by atoms with Crippen LogP contribution in [0, 0.1) is 10.1 Å². The zero-order valence-corrected chi connectivity index (χ0v) is 11.0. The largest absolute Gasteiger partial charge is 0.410 e. The van der Waals surface area contributed by atoms with Crippen LogP contribution in [0.1, 0.15) is 24.8 Å². The van der Waals surface area contributed by atoms with Crippen LogP contribution in [0.5, 0.6) is 0 Å². The van der Waals surface area contributed by atoms with E-state index >= 15 is 0 Å². The smallest absolute Gasteiger partial charge is 0.274 e. The highest BCUT2D eigenvalue weighted by molar-refractivity contribution is 6.29. The zero-order valence-electron chi connectivity index (χ0n) is 10.0. The number of rotatable bonds is 5. The number of nitrogens with zero attached hydrogens (tertiary/aromatic N) is 1.